The highest BCUT2D eigenvalue weighted by Crippen LogP contribution is 2.21. The molecule has 0 radical (unpaired) electrons. The van der Waals surface area contributed by atoms with E-state index in [1.807, 2.05) is 7.05 Å². The van der Waals surface area contributed by atoms with Gasteiger partial charge in [0.15, 0.2) is 0 Å². The summed E-state index contributed by atoms with van der Waals surface area (Å²) in [6.07, 6.45) is 6.44. The molecule has 0 aromatic carbocycles. The van der Waals surface area contributed by atoms with Crippen molar-refractivity contribution in [3.63, 3.8) is 0 Å². The molecular formula is C13H25ClN2O2. The Bertz CT molecular complexity index is 257. The number of halogens is 1. The fourth-order valence-corrected chi connectivity index (χ4v) is 2.89. The summed E-state index contributed by atoms with van der Waals surface area (Å²) in [6.45, 7) is 2.67. The maximum Gasteiger partial charge on any atom is 0.225 e. The first-order valence-electron chi connectivity index (χ1n) is 6.87. The third-order valence-corrected chi connectivity index (χ3v) is 3.81. The minimum atomic E-state index is 0. The normalized spacial score (nSPS) is 27.9. The van der Waals surface area contributed by atoms with E-state index in [4.69, 9.17) is 4.74 Å². The summed E-state index contributed by atoms with van der Waals surface area (Å²) >= 11 is 0. The van der Waals surface area contributed by atoms with Crippen molar-refractivity contribution >= 4 is 18.3 Å². The summed E-state index contributed by atoms with van der Waals surface area (Å²) < 4.78 is 5.64. The number of carbonyl (C=O) groups excluding carboxylic acids is 1. The van der Waals surface area contributed by atoms with Crippen molar-refractivity contribution in [1.29, 1.82) is 0 Å². The first-order chi connectivity index (χ1) is 8.31. The van der Waals surface area contributed by atoms with E-state index in [0.717, 1.165) is 45.4 Å². The van der Waals surface area contributed by atoms with Crippen molar-refractivity contribution < 1.29 is 9.53 Å². The van der Waals surface area contributed by atoms with Gasteiger partial charge in [0.2, 0.25) is 5.91 Å². The van der Waals surface area contributed by atoms with Gasteiger partial charge in [0.05, 0.1) is 12.5 Å². The highest BCUT2D eigenvalue weighted by atomic mass is 35.5. The van der Waals surface area contributed by atoms with E-state index in [0.29, 0.717) is 12.5 Å². The van der Waals surface area contributed by atoms with Crippen molar-refractivity contribution in [2.75, 3.05) is 26.7 Å². The predicted octanol–water partition coefficient (Wildman–Crippen LogP) is 1.58. The molecule has 2 atom stereocenters. The van der Waals surface area contributed by atoms with Crippen LogP contribution in [-0.2, 0) is 9.53 Å². The van der Waals surface area contributed by atoms with Gasteiger partial charge in [0.25, 0.3) is 0 Å². The molecule has 0 spiro atoms. The Morgan fingerprint density at radius 2 is 2.17 bits per heavy atom. The van der Waals surface area contributed by atoms with Gasteiger partial charge >= 0.3 is 0 Å². The van der Waals surface area contributed by atoms with Gasteiger partial charge in [0, 0.05) is 25.7 Å². The molecule has 18 heavy (non-hydrogen) atoms. The van der Waals surface area contributed by atoms with Crippen molar-refractivity contribution in [1.82, 2.24) is 10.2 Å². The summed E-state index contributed by atoms with van der Waals surface area (Å²) in [5.41, 5.74) is 0. The van der Waals surface area contributed by atoms with Crippen LogP contribution in [0.15, 0.2) is 0 Å². The summed E-state index contributed by atoms with van der Waals surface area (Å²) in [5.74, 6) is 0.287. The first-order valence-corrected chi connectivity index (χ1v) is 6.87. The van der Waals surface area contributed by atoms with Crippen molar-refractivity contribution in [3.05, 3.63) is 0 Å². The number of likely N-dealkylation sites (N-methyl/N-ethyl adjacent to an activating group) is 1. The molecule has 2 rings (SSSR count). The summed E-state index contributed by atoms with van der Waals surface area (Å²) in [6, 6.07) is 0.399. The lowest BCUT2D eigenvalue weighted by Crippen LogP contribution is -2.42. The van der Waals surface area contributed by atoms with Crippen molar-refractivity contribution in [2.24, 2.45) is 0 Å². The Hall–Kier alpha value is -0.320. The second-order valence-electron chi connectivity index (χ2n) is 5.13. The Morgan fingerprint density at radius 3 is 2.83 bits per heavy atom. The number of nitrogens with zero attached hydrogens (tertiary/aromatic N) is 1. The highest BCUT2D eigenvalue weighted by Gasteiger charge is 2.29. The van der Waals surface area contributed by atoms with Crippen LogP contribution in [0.5, 0.6) is 0 Å². The molecule has 2 aliphatic heterocycles. The van der Waals surface area contributed by atoms with Gasteiger partial charge in [0.1, 0.15) is 0 Å². The Kier molecular flexibility index (Phi) is 6.97. The lowest BCUT2D eigenvalue weighted by molar-refractivity contribution is -0.135. The molecule has 106 valence electrons. The van der Waals surface area contributed by atoms with Crippen LogP contribution in [0.2, 0.25) is 0 Å². The van der Waals surface area contributed by atoms with Crippen LogP contribution in [-0.4, -0.2) is 49.7 Å². The summed E-state index contributed by atoms with van der Waals surface area (Å²) in [4.78, 5) is 14.3. The van der Waals surface area contributed by atoms with E-state index in [9.17, 15) is 4.79 Å². The molecule has 0 bridgehead atoms. The standard InChI is InChI=1S/C13H24N2O2.ClH/c1-14-10-11-5-4-7-15(11)13(16)9-12-6-2-3-8-17-12;/h11-12,14H,2-10H2,1H3;1H. The van der Waals surface area contributed by atoms with Crippen LogP contribution < -0.4 is 5.32 Å². The maximum atomic E-state index is 12.2. The average Bonchev–Trinajstić information content (AvgIpc) is 2.79. The van der Waals surface area contributed by atoms with Gasteiger partial charge in [-0.15, -0.1) is 12.4 Å². The van der Waals surface area contributed by atoms with Crippen LogP contribution >= 0.6 is 12.4 Å². The van der Waals surface area contributed by atoms with Crippen LogP contribution in [0.25, 0.3) is 0 Å². The summed E-state index contributed by atoms with van der Waals surface area (Å²) in [5, 5.41) is 3.17. The third kappa shape index (κ3) is 4.11. The second-order valence-corrected chi connectivity index (χ2v) is 5.13. The lowest BCUT2D eigenvalue weighted by atomic mass is 10.1. The molecule has 2 unspecified atom stereocenters. The molecule has 0 aliphatic carbocycles. The van der Waals surface area contributed by atoms with Gasteiger partial charge in [-0.05, 0) is 39.2 Å². The topological polar surface area (TPSA) is 41.6 Å². The third-order valence-electron chi connectivity index (χ3n) is 3.81. The zero-order valence-electron chi connectivity index (χ0n) is 11.2. The Balaban J connectivity index is 0.00000162. The highest BCUT2D eigenvalue weighted by molar-refractivity contribution is 5.85. The minimum absolute atomic E-state index is 0. The van der Waals surface area contributed by atoms with Gasteiger partial charge in [-0.1, -0.05) is 0 Å². The molecule has 0 aromatic rings. The number of amides is 1. The van der Waals surface area contributed by atoms with Gasteiger partial charge in [-0.2, -0.15) is 0 Å². The van der Waals surface area contributed by atoms with Crippen LogP contribution in [0.3, 0.4) is 0 Å². The number of nitrogens with one attached hydrogen (secondary N) is 1. The zero-order chi connectivity index (χ0) is 12.1. The van der Waals surface area contributed by atoms with E-state index in [1.54, 1.807) is 0 Å². The van der Waals surface area contributed by atoms with Crippen LogP contribution in [0.4, 0.5) is 0 Å². The predicted molar refractivity (Wildman–Crippen MR) is 74.1 cm³/mol. The number of hydrogen-bond donors (Lipinski definition) is 1. The lowest BCUT2D eigenvalue weighted by Gasteiger charge is -2.28. The molecule has 2 aliphatic rings. The smallest absolute Gasteiger partial charge is 0.225 e. The Labute approximate surface area is 116 Å². The molecule has 2 fully saturated rings. The maximum absolute atomic E-state index is 12.2. The first kappa shape index (κ1) is 15.7. The molecule has 2 heterocycles. The number of rotatable bonds is 4. The van der Waals surface area contributed by atoms with Gasteiger partial charge < -0.3 is 15.0 Å². The molecular weight excluding hydrogens is 252 g/mol. The van der Waals surface area contributed by atoms with E-state index in [2.05, 4.69) is 10.2 Å². The number of hydrogen-bond acceptors (Lipinski definition) is 3. The number of carbonyl (C=O) groups is 1. The average molecular weight is 277 g/mol. The fourth-order valence-electron chi connectivity index (χ4n) is 2.89. The summed E-state index contributed by atoms with van der Waals surface area (Å²) in [7, 11) is 1.95. The van der Waals surface area contributed by atoms with E-state index in [1.165, 1.54) is 6.42 Å². The monoisotopic (exact) mass is 276 g/mol. The molecule has 2 saturated heterocycles. The number of ether oxygens (including phenoxy) is 1. The quantitative estimate of drug-likeness (QED) is 0.848. The van der Waals surface area contributed by atoms with Crippen LogP contribution in [0, 0.1) is 0 Å². The largest absolute Gasteiger partial charge is 0.378 e. The van der Waals surface area contributed by atoms with Crippen molar-refractivity contribution in [3.8, 4) is 0 Å². The molecule has 1 N–H and O–H groups in total. The van der Waals surface area contributed by atoms with Gasteiger partial charge in [-0.3, -0.25) is 4.79 Å². The molecule has 4 nitrogen and oxygen atoms in total. The van der Waals surface area contributed by atoms with E-state index < -0.39 is 0 Å². The van der Waals surface area contributed by atoms with E-state index in [-0.39, 0.29) is 24.4 Å². The molecule has 0 aromatic heterocycles. The SMILES string of the molecule is CNCC1CCCN1C(=O)CC1CCCCO1.Cl. The molecule has 5 heteroatoms. The fraction of sp³-hybridized carbons (Fsp3) is 0.923. The molecule has 1 amide bonds. The Morgan fingerprint density at radius 1 is 1.33 bits per heavy atom. The minimum Gasteiger partial charge on any atom is -0.378 e. The van der Waals surface area contributed by atoms with Crippen molar-refractivity contribution in [2.45, 2.75) is 50.7 Å². The second kappa shape index (κ2) is 7.97. The number of likely N-dealkylation sites (tertiary alicyclic amines) is 1. The van der Waals surface area contributed by atoms with E-state index >= 15 is 0 Å². The van der Waals surface area contributed by atoms with Gasteiger partial charge in [-0.25, -0.2) is 0 Å². The zero-order valence-corrected chi connectivity index (χ0v) is 12.0. The van der Waals surface area contributed by atoms with Crippen LogP contribution in [0.1, 0.15) is 38.5 Å². The molecule has 0 saturated carbocycles.